The van der Waals surface area contributed by atoms with E-state index in [9.17, 15) is 9.59 Å². The van der Waals surface area contributed by atoms with Crippen molar-refractivity contribution in [3.05, 3.63) is 95.6 Å². The topological polar surface area (TPSA) is 73.9 Å². The summed E-state index contributed by atoms with van der Waals surface area (Å²) in [6, 6.07) is 23.6. The summed E-state index contributed by atoms with van der Waals surface area (Å²) in [5, 5.41) is 2.99. The molecule has 160 valence electrons. The van der Waals surface area contributed by atoms with Gasteiger partial charge in [0.1, 0.15) is 0 Å². The predicted octanol–water partition coefficient (Wildman–Crippen LogP) is 4.15. The van der Waals surface area contributed by atoms with E-state index < -0.39 is 18.0 Å². The summed E-state index contributed by atoms with van der Waals surface area (Å²) in [6.07, 6.45) is -0.990. The van der Waals surface area contributed by atoms with Crippen LogP contribution in [0.5, 0.6) is 11.5 Å². The fraction of sp³-hybridized carbons (Fsp3) is 0.200. The minimum Gasteiger partial charge on any atom is -0.493 e. The number of hydrogen-bond acceptors (Lipinski definition) is 5. The molecule has 3 aromatic rings. The molecule has 0 aliphatic heterocycles. The molecule has 31 heavy (non-hydrogen) atoms. The largest absolute Gasteiger partial charge is 0.493 e. The highest BCUT2D eigenvalue weighted by Gasteiger charge is 2.24. The fourth-order valence-corrected chi connectivity index (χ4v) is 3.16. The second-order valence-corrected chi connectivity index (χ2v) is 6.88. The van der Waals surface area contributed by atoms with Crippen LogP contribution in [-0.2, 0) is 9.53 Å². The van der Waals surface area contributed by atoms with Gasteiger partial charge < -0.3 is 19.5 Å². The van der Waals surface area contributed by atoms with Crippen molar-refractivity contribution in [3.63, 3.8) is 0 Å². The maximum atomic E-state index is 12.9. The van der Waals surface area contributed by atoms with Crippen LogP contribution in [0.25, 0.3) is 0 Å². The van der Waals surface area contributed by atoms with Crippen molar-refractivity contribution in [2.45, 2.75) is 19.1 Å². The summed E-state index contributed by atoms with van der Waals surface area (Å²) < 4.78 is 15.8. The number of benzene rings is 3. The van der Waals surface area contributed by atoms with Crippen LogP contribution in [0.15, 0.2) is 78.9 Å². The standard InChI is InChI=1S/C25H25NO5/c1-17(31-25(28)20-14-15-21(29-2)22(16-20)30-3)24(27)26-23(18-10-6-4-7-11-18)19-12-8-5-9-13-19/h4-17,23H,1-3H3,(H,26,27)/t17-/m1/s1. The average molecular weight is 419 g/mol. The van der Waals surface area contributed by atoms with Crippen LogP contribution in [-0.4, -0.2) is 32.2 Å². The Morgan fingerprint density at radius 1 is 0.774 bits per heavy atom. The van der Waals surface area contributed by atoms with Crippen LogP contribution >= 0.6 is 0 Å². The highest BCUT2D eigenvalue weighted by atomic mass is 16.5. The van der Waals surface area contributed by atoms with Gasteiger partial charge in [-0.2, -0.15) is 0 Å². The van der Waals surface area contributed by atoms with Crippen LogP contribution in [0.4, 0.5) is 0 Å². The predicted molar refractivity (Wildman–Crippen MR) is 117 cm³/mol. The van der Waals surface area contributed by atoms with E-state index >= 15 is 0 Å². The van der Waals surface area contributed by atoms with Gasteiger partial charge in [0.05, 0.1) is 25.8 Å². The molecule has 1 N–H and O–H groups in total. The lowest BCUT2D eigenvalue weighted by Crippen LogP contribution is -2.38. The molecule has 0 aliphatic rings. The second kappa shape index (κ2) is 10.3. The van der Waals surface area contributed by atoms with Gasteiger partial charge in [-0.25, -0.2) is 4.79 Å². The number of ether oxygens (including phenoxy) is 3. The molecule has 6 heteroatoms. The first-order valence-electron chi connectivity index (χ1n) is 9.86. The Morgan fingerprint density at radius 3 is 1.84 bits per heavy atom. The van der Waals surface area contributed by atoms with Gasteiger partial charge in [0, 0.05) is 0 Å². The van der Waals surface area contributed by atoms with Gasteiger partial charge in [-0.15, -0.1) is 0 Å². The van der Waals surface area contributed by atoms with Gasteiger partial charge in [0.2, 0.25) is 0 Å². The van der Waals surface area contributed by atoms with Gasteiger partial charge in [-0.1, -0.05) is 60.7 Å². The van der Waals surface area contributed by atoms with E-state index in [1.54, 1.807) is 19.1 Å². The van der Waals surface area contributed by atoms with E-state index in [2.05, 4.69) is 5.32 Å². The highest BCUT2D eigenvalue weighted by molar-refractivity contribution is 5.93. The minimum atomic E-state index is -0.990. The summed E-state index contributed by atoms with van der Waals surface area (Å²) in [7, 11) is 2.99. The number of hydrogen-bond donors (Lipinski definition) is 1. The first-order valence-corrected chi connectivity index (χ1v) is 9.86. The third-order valence-corrected chi connectivity index (χ3v) is 4.82. The lowest BCUT2D eigenvalue weighted by Gasteiger charge is -2.22. The fourth-order valence-electron chi connectivity index (χ4n) is 3.16. The SMILES string of the molecule is COc1ccc(C(=O)O[C@H](C)C(=O)NC(c2ccccc2)c2ccccc2)cc1OC. The first kappa shape index (κ1) is 21.9. The molecule has 0 saturated carbocycles. The summed E-state index contributed by atoms with van der Waals surface area (Å²) in [6.45, 7) is 1.54. The molecule has 0 radical (unpaired) electrons. The number of rotatable bonds is 8. The molecule has 0 fully saturated rings. The number of esters is 1. The number of methoxy groups -OCH3 is 2. The van der Waals surface area contributed by atoms with Gasteiger partial charge in [0.25, 0.3) is 5.91 Å². The van der Waals surface area contributed by atoms with Crippen molar-refractivity contribution < 1.29 is 23.8 Å². The van der Waals surface area contributed by atoms with E-state index in [1.165, 1.54) is 20.3 Å². The molecule has 0 spiro atoms. The van der Waals surface area contributed by atoms with E-state index in [4.69, 9.17) is 14.2 Å². The number of amides is 1. The summed E-state index contributed by atoms with van der Waals surface area (Å²) in [5.41, 5.74) is 2.13. The highest BCUT2D eigenvalue weighted by Crippen LogP contribution is 2.28. The summed E-state index contributed by atoms with van der Waals surface area (Å²) in [5.74, 6) is -0.119. The van der Waals surface area contributed by atoms with E-state index in [0.29, 0.717) is 11.5 Å². The minimum absolute atomic E-state index is 0.264. The lowest BCUT2D eigenvalue weighted by molar-refractivity contribution is -0.129. The third-order valence-electron chi connectivity index (χ3n) is 4.82. The lowest BCUT2D eigenvalue weighted by atomic mass is 9.98. The molecule has 3 aromatic carbocycles. The molecular formula is C25H25NO5. The van der Waals surface area contributed by atoms with Gasteiger partial charge in [-0.05, 0) is 36.2 Å². The zero-order chi connectivity index (χ0) is 22.2. The smallest absolute Gasteiger partial charge is 0.339 e. The Morgan fingerprint density at radius 2 is 1.32 bits per heavy atom. The van der Waals surface area contributed by atoms with Gasteiger partial charge in [-0.3, -0.25) is 4.79 Å². The Labute approximate surface area is 181 Å². The average Bonchev–Trinajstić information content (AvgIpc) is 2.82. The first-order chi connectivity index (χ1) is 15.0. The number of nitrogens with one attached hydrogen (secondary N) is 1. The van der Waals surface area contributed by atoms with Gasteiger partial charge >= 0.3 is 5.97 Å². The maximum Gasteiger partial charge on any atom is 0.339 e. The van der Waals surface area contributed by atoms with Crippen molar-refractivity contribution in [2.24, 2.45) is 0 Å². The molecule has 0 heterocycles. The molecule has 0 saturated heterocycles. The van der Waals surface area contributed by atoms with E-state index in [-0.39, 0.29) is 11.6 Å². The van der Waals surface area contributed by atoms with E-state index in [1.807, 2.05) is 60.7 Å². The van der Waals surface area contributed by atoms with Crippen LogP contribution < -0.4 is 14.8 Å². The Kier molecular flexibility index (Phi) is 7.27. The molecular weight excluding hydrogens is 394 g/mol. The molecule has 0 unspecified atom stereocenters. The van der Waals surface area contributed by atoms with Crippen LogP contribution in [0.1, 0.15) is 34.5 Å². The zero-order valence-corrected chi connectivity index (χ0v) is 17.7. The maximum absolute atomic E-state index is 12.9. The molecule has 3 rings (SSSR count). The second-order valence-electron chi connectivity index (χ2n) is 6.88. The van der Waals surface area contributed by atoms with Crippen LogP contribution in [0, 0.1) is 0 Å². The Hall–Kier alpha value is -3.80. The molecule has 1 amide bonds. The zero-order valence-electron chi connectivity index (χ0n) is 17.7. The molecule has 6 nitrogen and oxygen atoms in total. The van der Waals surface area contributed by atoms with Crippen molar-refractivity contribution >= 4 is 11.9 Å². The Bertz CT molecular complexity index is 981. The van der Waals surface area contributed by atoms with Crippen molar-refractivity contribution in [1.82, 2.24) is 5.32 Å². The third kappa shape index (κ3) is 5.42. The monoisotopic (exact) mass is 419 g/mol. The van der Waals surface area contributed by atoms with Crippen LogP contribution in [0.2, 0.25) is 0 Å². The molecule has 0 aromatic heterocycles. The van der Waals surface area contributed by atoms with Crippen molar-refractivity contribution in [2.75, 3.05) is 14.2 Å². The quantitative estimate of drug-likeness (QED) is 0.555. The molecule has 0 aliphatic carbocycles. The van der Waals surface area contributed by atoms with E-state index in [0.717, 1.165) is 11.1 Å². The number of carbonyl (C=O) groups is 2. The van der Waals surface area contributed by atoms with Crippen molar-refractivity contribution in [3.8, 4) is 11.5 Å². The normalized spacial score (nSPS) is 11.5. The summed E-state index contributed by atoms with van der Waals surface area (Å²) >= 11 is 0. The molecule has 1 atom stereocenters. The number of carbonyl (C=O) groups excluding carboxylic acids is 2. The molecule has 0 bridgehead atoms. The van der Waals surface area contributed by atoms with Crippen LogP contribution in [0.3, 0.4) is 0 Å². The Balaban J connectivity index is 1.73. The van der Waals surface area contributed by atoms with Gasteiger partial charge in [0.15, 0.2) is 17.6 Å². The van der Waals surface area contributed by atoms with Crippen molar-refractivity contribution in [1.29, 1.82) is 0 Å². The summed E-state index contributed by atoms with van der Waals surface area (Å²) in [4.78, 5) is 25.4.